The van der Waals surface area contributed by atoms with Crippen LogP contribution in [0.1, 0.15) is 16.7 Å². The topological polar surface area (TPSA) is 72.2 Å². The van der Waals surface area contributed by atoms with E-state index < -0.39 is 0 Å². The predicted molar refractivity (Wildman–Crippen MR) is 147 cm³/mol. The minimum atomic E-state index is -0.235. The monoisotopic (exact) mass is 545 g/mol. The highest BCUT2D eigenvalue weighted by molar-refractivity contribution is 9.12. The number of thioether (sulfide) groups is 1. The maximum Gasteiger partial charge on any atom is 0.250 e. The molecule has 0 aliphatic carbocycles. The first kappa shape index (κ1) is 24.6. The molecule has 1 heterocycles. The van der Waals surface area contributed by atoms with Gasteiger partial charge in [0, 0.05) is 15.7 Å². The van der Waals surface area contributed by atoms with Crippen LogP contribution in [-0.2, 0) is 4.79 Å². The maximum absolute atomic E-state index is 12.4. The van der Waals surface area contributed by atoms with Crippen LogP contribution in [0.3, 0.4) is 0 Å². The smallest absolute Gasteiger partial charge is 0.250 e. The molecule has 0 aliphatic rings. The number of carbonyl (C=O) groups excluding carboxylic acids is 1. The Hall–Kier alpha value is -3.49. The Bertz CT molecular complexity index is 1350. The molecule has 0 aliphatic heterocycles. The van der Waals surface area contributed by atoms with Crippen LogP contribution >= 0.6 is 27.7 Å². The van der Waals surface area contributed by atoms with Crippen LogP contribution in [0.25, 0.3) is 23.2 Å². The quantitative estimate of drug-likeness (QED) is 0.163. The lowest BCUT2D eigenvalue weighted by atomic mass is 10.1. The zero-order chi connectivity index (χ0) is 24.6. The Morgan fingerprint density at radius 1 is 0.971 bits per heavy atom. The number of rotatable bonds is 8. The Kier molecular flexibility index (Phi) is 8.28. The van der Waals surface area contributed by atoms with Gasteiger partial charge in [0.15, 0.2) is 11.0 Å². The average molecular weight is 546 g/mol. The summed E-state index contributed by atoms with van der Waals surface area (Å²) < 4.78 is 2.73. The van der Waals surface area contributed by atoms with Crippen molar-refractivity contribution in [3.05, 3.63) is 100 Å². The minimum Gasteiger partial charge on any atom is -0.272 e. The number of aryl methyl sites for hydroxylation is 2. The van der Waals surface area contributed by atoms with Crippen molar-refractivity contribution in [2.45, 2.75) is 19.0 Å². The van der Waals surface area contributed by atoms with Crippen molar-refractivity contribution in [1.29, 1.82) is 0 Å². The van der Waals surface area contributed by atoms with Crippen molar-refractivity contribution in [3.8, 4) is 17.1 Å². The molecule has 8 heteroatoms. The molecule has 35 heavy (non-hydrogen) atoms. The number of hydrogen-bond acceptors (Lipinski definition) is 5. The van der Waals surface area contributed by atoms with Crippen LogP contribution in [0.15, 0.2) is 93.6 Å². The van der Waals surface area contributed by atoms with Crippen molar-refractivity contribution in [3.63, 3.8) is 0 Å². The van der Waals surface area contributed by atoms with Crippen molar-refractivity contribution in [2.24, 2.45) is 5.10 Å². The van der Waals surface area contributed by atoms with E-state index in [-0.39, 0.29) is 11.7 Å². The summed E-state index contributed by atoms with van der Waals surface area (Å²) >= 11 is 4.76. The van der Waals surface area contributed by atoms with Gasteiger partial charge in [0.05, 0.1) is 12.0 Å². The summed E-state index contributed by atoms with van der Waals surface area (Å²) in [5, 5.41) is 13.5. The van der Waals surface area contributed by atoms with Crippen molar-refractivity contribution in [2.75, 3.05) is 5.75 Å². The molecule has 176 valence electrons. The van der Waals surface area contributed by atoms with E-state index in [1.807, 2.05) is 103 Å². The van der Waals surface area contributed by atoms with Crippen molar-refractivity contribution >= 4 is 45.9 Å². The molecular weight excluding hydrogens is 522 g/mol. The molecule has 0 atom stereocenters. The van der Waals surface area contributed by atoms with E-state index in [0.29, 0.717) is 5.16 Å². The molecule has 0 saturated heterocycles. The summed E-state index contributed by atoms with van der Waals surface area (Å²) in [6, 6.07) is 26.2. The number of halogens is 1. The Morgan fingerprint density at radius 3 is 2.31 bits per heavy atom. The Morgan fingerprint density at radius 2 is 1.63 bits per heavy atom. The molecule has 1 aromatic heterocycles. The second-order valence-electron chi connectivity index (χ2n) is 7.86. The lowest BCUT2D eigenvalue weighted by Gasteiger charge is -2.11. The van der Waals surface area contributed by atoms with Gasteiger partial charge in [-0.2, -0.15) is 5.10 Å². The summed E-state index contributed by atoms with van der Waals surface area (Å²) in [6.07, 6.45) is 3.47. The lowest BCUT2D eigenvalue weighted by molar-refractivity contribution is -0.118. The average Bonchev–Trinajstić information content (AvgIpc) is 3.28. The molecule has 0 spiro atoms. The van der Waals surface area contributed by atoms with E-state index in [4.69, 9.17) is 0 Å². The van der Waals surface area contributed by atoms with E-state index in [9.17, 15) is 4.79 Å². The van der Waals surface area contributed by atoms with E-state index in [1.54, 1.807) is 6.21 Å². The zero-order valence-electron chi connectivity index (χ0n) is 19.4. The van der Waals surface area contributed by atoms with Gasteiger partial charge in [0.1, 0.15) is 0 Å². The van der Waals surface area contributed by atoms with Gasteiger partial charge in [0.25, 0.3) is 5.91 Å². The molecule has 0 saturated carbocycles. The van der Waals surface area contributed by atoms with Crippen LogP contribution in [0.4, 0.5) is 0 Å². The van der Waals surface area contributed by atoms with Gasteiger partial charge in [0.2, 0.25) is 0 Å². The van der Waals surface area contributed by atoms with E-state index >= 15 is 0 Å². The highest BCUT2D eigenvalue weighted by atomic mass is 79.9. The Labute approximate surface area is 217 Å². The number of carbonyl (C=O) groups is 1. The standard InChI is InChI=1S/C27H24BrN5OS/c1-19-8-12-22(13-9-19)26-31-32-27(33(26)24-14-10-20(2)11-15-24)35-18-25(34)30-29-17-23(28)16-21-6-4-3-5-7-21/h3-17H,18H2,1-2H3,(H,30,34)/b23-16-,29-17+. The summed E-state index contributed by atoms with van der Waals surface area (Å²) in [5.41, 5.74) is 7.83. The zero-order valence-corrected chi connectivity index (χ0v) is 21.8. The molecular formula is C27H24BrN5OS. The third-order valence-corrected chi connectivity index (χ3v) is 6.41. The van der Waals surface area contributed by atoms with Gasteiger partial charge < -0.3 is 0 Å². The predicted octanol–water partition coefficient (Wildman–Crippen LogP) is 6.18. The van der Waals surface area contributed by atoms with Gasteiger partial charge in [-0.05, 0) is 53.5 Å². The summed E-state index contributed by atoms with van der Waals surface area (Å²) in [7, 11) is 0. The third kappa shape index (κ3) is 6.77. The Balaban J connectivity index is 1.47. The lowest BCUT2D eigenvalue weighted by Crippen LogP contribution is -2.19. The van der Waals surface area contributed by atoms with Gasteiger partial charge in [-0.3, -0.25) is 9.36 Å². The summed E-state index contributed by atoms with van der Waals surface area (Å²) in [4.78, 5) is 12.4. The normalized spacial score (nSPS) is 11.7. The number of nitrogens with one attached hydrogen (secondary N) is 1. The first-order valence-electron chi connectivity index (χ1n) is 11.0. The molecule has 6 nitrogen and oxygen atoms in total. The van der Waals surface area contributed by atoms with Crippen LogP contribution in [0, 0.1) is 13.8 Å². The number of allylic oxidation sites excluding steroid dienone is 1. The molecule has 4 rings (SSSR count). The van der Waals surface area contributed by atoms with Crippen LogP contribution < -0.4 is 5.43 Å². The van der Waals surface area contributed by atoms with Gasteiger partial charge in [-0.15, -0.1) is 10.2 Å². The first-order valence-corrected chi connectivity index (χ1v) is 12.7. The van der Waals surface area contributed by atoms with Crippen molar-refractivity contribution < 1.29 is 4.79 Å². The second-order valence-corrected chi connectivity index (χ2v) is 9.72. The summed E-state index contributed by atoms with van der Waals surface area (Å²) in [5.74, 6) is 0.640. The number of aromatic nitrogens is 3. The molecule has 0 fully saturated rings. The molecule has 1 amide bonds. The molecule has 0 unspecified atom stereocenters. The molecule has 1 N–H and O–H groups in total. The number of nitrogens with zero attached hydrogens (tertiary/aromatic N) is 4. The fourth-order valence-electron chi connectivity index (χ4n) is 3.25. The number of hydrogen-bond donors (Lipinski definition) is 1. The van der Waals surface area contributed by atoms with Crippen LogP contribution in [-0.4, -0.2) is 32.6 Å². The van der Waals surface area contributed by atoms with E-state index in [1.165, 1.54) is 17.3 Å². The van der Waals surface area contributed by atoms with Gasteiger partial charge in [-0.1, -0.05) is 89.6 Å². The fraction of sp³-hybridized carbons (Fsp3) is 0.111. The van der Waals surface area contributed by atoms with E-state index in [2.05, 4.69) is 36.7 Å². The largest absolute Gasteiger partial charge is 0.272 e. The maximum atomic E-state index is 12.4. The van der Waals surface area contributed by atoms with Crippen LogP contribution in [0.5, 0.6) is 0 Å². The summed E-state index contributed by atoms with van der Waals surface area (Å²) in [6.45, 7) is 4.09. The number of hydrazone groups is 1. The molecule has 0 bridgehead atoms. The minimum absolute atomic E-state index is 0.148. The highest BCUT2D eigenvalue weighted by Crippen LogP contribution is 2.28. The SMILES string of the molecule is Cc1ccc(-c2nnc(SCC(=O)N/N=C/C(Br)=C/c3ccccc3)n2-c2ccc(C)cc2)cc1. The molecule has 0 radical (unpaired) electrons. The van der Waals surface area contributed by atoms with Crippen molar-refractivity contribution in [1.82, 2.24) is 20.2 Å². The number of benzene rings is 3. The highest BCUT2D eigenvalue weighted by Gasteiger charge is 2.17. The van der Waals surface area contributed by atoms with Crippen LogP contribution in [0.2, 0.25) is 0 Å². The third-order valence-electron chi connectivity index (χ3n) is 5.05. The van der Waals surface area contributed by atoms with Gasteiger partial charge >= 0.3 is 0 Å². The fourth-order valence-corrected chi connectivity index (χ4v) is 4.36. The number of amides is 1. The van der Waals surface area contributed by atoms with Gasteiger partial charge in [-0.25, -0.2) is 5.43 Å². The molecule has 4 aromatic rings. The second kappa shape index (κ2) is 11.8. The van der Waals surface area contributed by atoms with E-state index in [0.717, 1.165) is 32.7 Å². The first-order chi connectivity index (χ1) is 17.0. The molecule has 3 aromatic carbocycles.